The zero-order valence-electron chi connectivity index (χ0n) is 12.8. The molecule has 7 nitrogen and oxygen atoms in total. The minimum absolute atomic E-state index is 0.339. The summed E-state index contributed by atoms with van der Waals surface area (Å²) in [6.45, 7) is 1.60. The van der Waals surface area contributed by atoms with E-state index in [4.69, 9.17) is 4.42 Å². The Morgan fingerprint density at radius 1 is 1.25 bits per heavy atom. The molecule has 7 heteroatoms. The van der Waals surface area contributed by atoms with Crippen molar-refractivity contribution in [3.05, 3.63) is 60.1 Å². The number of benzene rings is 1. The summed E-state index contributed by atoms with van der Waals surface area (Å²) < 4.78 is 5.10. The molecule has 3 rings (SSSR count). The van der Waals surface area contributed by atoms with Gasteiger partial charge in [0.2, 0.25) is 5.91 Å². The first kappa shape index (κ1) is 15.5. The highest BCUT2D eigenvalue weighted by Crippen LogP contribution is 2.26. The van der Waals surface area contributed by atoms with Crippen molar-refractivity contribution in [1.82, 2.24) is 10.6 Å². The molecule has 0 aliphatic carbocycles. The largest absolute Gasteiger partial charge is 0.465 e. The van der Waals surface area contributed by atoms with Crippen molar-refractivity contribution in [3.63, 3.8) is 0 Å². The second-order valence-electron chi connectivity index (χ2n) is 5.45. The number of anilines is 1. The van der Waals surface area contributed by atoms with Gasteiger partial charge in [0.25, 0.3) is 5.91 Å². The third kappa shape index (κ3) is 3.05. The SMILES string of the molecule is CC1(c2cccc(NC(=O)C=Cc3ccco3)c2)NC(=O)NC1=O. The summed E-state index contributed by atoms with van der Waals surface area (Å²) in [5, 5.41) is 7.49. The number of nitrogens with one attached hydrogen (secondary N) is 3. The Hall–Kier alpha value is -3.35. The molecule has 2 aromatic rings. The summed E-state index contributed by atoms with van der Waals surface area (Å²) in [4.78, 5) is 35.3. The van der Waals surface area contributed by atoms with Gasteiger partial charge in [0.15, 0.2) is 0 Å². The highest BCUT2D eigenvalue weighted by atomic mass is 16.3. The van der Waals surface area contributed by atoms with Gasteiger partial charge in [-0.3, -0.25) is 14.9 Å². The van der Waals surface area contributed by atoms with E-state index in [-0.39, 0.29) is 5.91 Å². The van der Waals surface area contributed by atoms with Crippen LogP contribution in [-0.2, 0) is 15.1 Å². The maximum absolute atomic E-state index is 12.0. The molecule has 0 spiro atoms. The maximum atomic E-state index is 12.0. The first-order valence-corrected chi connectivity index (χ1v) is 7.24. The molecule has 1 aromatic carbocycles. The number of carbonyl (C=O) groups excluding carboxylic acids is 3. The van der Waals surface area contributed by atoms with E-state index in [2.05, 4.69) is 16.0 Å². The molecule has 2 heterocycles. The standard InChI is InChI=1S/C17H15N3O4/c1-17(15(22)19-16(23)20-17)11-4-2-5-12(10-11)18-14(21)8-7-13-6-3-9-24-13/h2-10H,1H3,(H,18,21)(H2,19,20,22,23). The predicted molar refractivity (Wildman–Crippen MR) is 86.8 cm³/mol. The summed E-state index contributed by atoms with van der Waals surface area (Å²) in [6.07, 6.45) is 4.41. The molecule has 1 atom stereocenters. The van der Waals surface area contributed by atoms with Crippen molar-refractivity contribution in [2.24, 2.45) is 0 Å². The maximum Gasteiger partial charge on any atom is 0.322 e. The molecule has 4 amide bonds. The Bertz CT molecular complexity index is 826. The fourth-order valence-corrected chi connectivity index (χ4v) is 2.38. The van der Waals surface area contributed by atoms with Crippen LogP contribution in [0.4, 0.5) is 10.5 Å². The van der Waals surface area contributed by atoms with Crippen LogP contribution in [0, 0.1) is 0 Å². The molecule has 1 aromatic heterocycles. The average Bonchev–Trinajstić information content (AvgIpc) is 3.14. The molecule has 1 aliphatic rings. The first-order valence-electron chi connectivity index (χ1n) is 7.24. The second-order valence-corrected chi connectivity index (χ2v) is 5.45. The van der Waals surface area contributed by atoms with Crippen LogP contribution in [0.1, 0.15) is 18.2 Å². The van der Waals surface area contributed by atoms with Crippen molar-refractivity contribution in [2.75, 3.05) is 5.32 Å². The van der Waals surface area contributed by atoms with Gasteiger partial charge in [-0.1, -0.05) is 12.1 Å². The Labute approximate surface area is 137 Å². The van der Waals surface area contributed by atoms with Crippen LogP contribution in [0.25, 0.3) is 6.08 Å². The van der Waals surface area contributed by atoms with Crippen molar-refractivity contribution in [1.29, 1.82) is 0 Å². The van der Waals surface area contributed by atoms with E-state index in [1.807, 2.05) is 0 Å². The first-order chi connectivity index (χ1) is 11.5. The van der Waals surface area contributed by atoms with Crippen LogP contribution in [-0.4, -0.2) is 17.8 Å². The van der Waals surface area contributed by atoms with Gasteiger partial charge in [0.05, 0.1) is 6.26 Å². The van der Waals surface area contributed by atoms with Gasteiger partial charge in [0, 0.05) is 11.8 Å². The molecule has 1 aliphatic heterocycles. The smallest absolute Gasteiger partial charge is 0.322 e. The predicted octanol–water partition coefficient (Wildman–Crippen LogP) is 1.99. The van der Waals surface area contributed by atoms with E-state index in [0.717, 1.165) is 0 Å². The monoisotopic (exact) mass is 325 g/mol. The fraction of sp³-hybridized carbons (Fsp3) is 0.118. The Balaban J connectivity index is 1.75. The lowest BCUT2D eigenvalue weighted by molar-refractivity contribution is -0.123. The lowest BCUT2D eigenvalue weighted by Crippen LogP contribution is -2.40. The van der Waals surface area contributed by atoms with Gasteiger partial charge < -0.3 is 15.1 Å². The second kappa shape index (κ2) is 6.04. The average molecular weight is 325 g/mol. The highest BCUT2D eigenvalue weighted by molar-refractivity contribution is 6.07. The topological polar surface area (TPSA) is 100 Å². The molecule has 1 saturated heterocycles. The number of furan rings is 1. The van der Waals surface area contributed by atoms with Crippen LogP contribution in [0.3, 0.4) is 0 Å². The summed E-state index contributed by atoms with van der Waals surface area (Å²) >= 11 is 0. The number of carbonyl (C=O) groups is 3. The molecule has 1 fully saturated rings. The van der Waals surface area contributed by atoms with E-state index in [9.17, 15) is 14.4 Å². The minimum Gasteiger partial charge on any atom is -0.465 e. The molecule has 0 bridgehead atoms. The molecule has 1 unspecified atom stereocenters. The molecular formula is C17H15N3O4. The summed E-state index contributed by atoms with van der Waals surface area (Å²) in [6, 6.07) is 9.65. The zero-order chi connectivity index (χ0) is 17.2. The Morgan fingerprint density at radius 2 is 2.08 bits per heavy atom. The molecule has 3 N–H and O–H groups in total. The van der Waals surface area contributed by atoms with Crippen LogP contribution >= 0.6 is 0 Å². The van der Waals surface area contributed by atoms with Crippen LogP contribution in [0.2, 0.25) is 0 Å². The van der Waals surface area contributed by atoms with E-state index in [0.29, 0.717) is 17.0 Å². The summed E-state index contributed by atoms with van der Waals surface area (Å²) in [5.41, 5.74) is -0.0857. The minimum atomic E-state index is -1.16. The van der Waals surface area contributed by atoms with E-state index in [1.54, 1.807) is 49.4 Å². The third-order valence-corrected chi connectivity index (χ3v) is 3.69. The fourth-order valence-electron chi connectivity index (χ4n) is 2.38. The molecule has 0 radical (unpaired) electrons. The number of urea groups is 1. The lowest BCUT2D eigenvalue weighted by Gasteiger charge is -2.21. The van der Waals surface area contributed by atoms with Crippen molar-refractivity contribution in [3.8, 4) is 0 Å². The molecular weight excluding hydrogens is 310 g/mol. The van der Waals surface area contributed by atoms with Gasteiger partial charge in [-0.25, -0.2) is 4.79 Å². The Morgan fingerprint density at radius 3 is 2.75 bits per heavy atom. The lowest BCUT2D eigenvalue weighted by atomic mass is 9.92. The quantitative estimate of drug-likeness (QED) is 0.591. The van der Waals surface area contributed by atoms with Crippen molar-refractivity contribution < 1.29 is 18.8 Å². The van der Waals surface area contributed by atoms with Gasteiger partial charge in [-0.05, 0) is 42.8 Å². The summed E-state index contributed by atoms with van der Waals surface area (Å²) in [7, 11) is 0. The number of imide groups is 1. The van der Waals surface area contributed by atoms with Crippen molar-refractivity contribution >= 4 is 29.6 Å². The Kier molecular flexibility index (Phi) is 3.91. The molecule has 0 saturated carbocycles. The highest BCUT2D eigenvalue weighted by Gasteiger charge is 2.43. The number of amides is 4. The van der Waals surface area contributed by atoms with Gasteiger partial charge in [-0.2, -0.15) is 0 Å². The van der Waals surface area contributed by atoms with Gasteiger partial charge >= 0.3 is 6.03 Å². The molecule has 122 valence electrons. The number of rotatable bonds is 4. The zero-order valence-corrected chi connectivity index (χ0v) is 12.8. The van der Waals surface area contributed by atoms with E-state index < -0.39 is 17.5 Å². The summed E-state index contributed by atoms with van der Waals surface area (Å²) in [5.74, 6) is -0.209. The third-order valence-electron chi connectivity index (χ3n) is 3.69. The van der Waals surface area contributed by atoms with Crippen LogP contribution < -0.4 is 16.0 Å². The van der Waals surface area contributed by atoms with E-state index in [1.165, 1.54) is 12.3 Å². The number of hydrogen-bond donors (Lipinski definition) is 3. The van der Waals surface area contributed by atoms with E-state index >= 15 is 0 Å². The normalized spacial score (nSPS) is 20.0. The molecule has 24 heavy (non-hydrogen) atoms. The van der Waals surface area contributed by atoms with Crippen LogP contribution in [0.5, 0.6) is 0 Å². The van der Waals surface area contributed by atoms with Gasteiger partial charge in [0.1, 0.15) is 11.3 Å². The van der Waals surface area contributed by atoms with Gasteiger partial charge in [-0.15, -0.1) is 0 Å². The number of hydrogen-bond acceptors (Lipinski definition) is 4. The van der Waals surface area contributed by atoms with Crippen molar-refractivity contribution in [2.45, 2.75) is 12.5 Å². The van der Waals surface area contributed by atoms with Crippen LogP contribution in [0.15, 0.2) is 53.2 Å².